The van der Waals surface area contributed by atoms with E-state index in [-0.39, 0.29) is 18.4 Å². The molecule has 1 saturated carbocycles. The molecular weight excluding hydrogens is 446 g/mol. The Labute approximate surface area is 205 Å². The summed E-state index contributed by atoms with van der Waals surface area (Å²) in [5, 5.41) is 14.3. The number of hydrogen-bond donors (Lipinski definition) is 2. The fourth-order valence-electron chi connectivity index (χ4n) is 5.19. The lowest BCUT2D eigenvalue weighted by Crippen LogP contribution is -2.36. The molecule has 0 radical (unpaired) electrons. The summed E-state index contributed by atoms with van der Waals surface area (Å²) < 4.78 is 2.43. The maximum absolute atomic E-state index is 13.0. The Balaban J connectivity index is 1.65. The van der Waals surface area contributed by atoms with Gasteiger partial charge < -0.3 is 15.0 Å². The molecule has 1 amide bonds. The van der Waals surface area contributed by atoms with E-state index in [1.165, 1.54) is 24.1 Å². The topological polar surface area (TPSA) is 84.2 Å². The van der Waals surface area contributed by atoms with Crippen molar-refractivity contribution in [3.05, 3.63) is 52.0 Å². The van der Waals surface area contributed by atoms with Crippen molar-refractivity contribution in [1.29, 1.82) is 0 Å². The Morgan fingerprint density at radius 1 is 1.26 bits per heavy atom. The first kappa shape index (κ1) is 24.5. The van der Waals surface area contributed by atoms with Crippen LogP contribution in [0.15, 0.2) is 35.7 Å². The van der Waals surface area contributed by atoms with Gasteiger partial charge in [0, 0.05) is 28.9 Å². The molecule has 3 aromatic rings. The Bertz CT molecular complexity index is 1120. The van der Waals surface area contributed by atoms with Gasteiger partial charge >= 0.3 is 5.97 Å². The highest BCUT2D eigenvalue weighted by molar-refractivity contribution is 7.09. The van der Waals surface area contributed by atoms with E-state index in [0.717, 1.165) is 42.5 Å². The Hall–Kier alpha value is -2.67. The van der Waals surface area contributed by atoms with Gasteiger partial charge in [-0.1, -0.05) is 45.6 Å². The van der Waals surface area contributed by atoms with Crippen molar-refractivity contribution in [2.75, 3.05) is 0 Å². The number of imidazole rings is 1. The van der Waals surface area contributed by atoms with E-state index in [1.54, 1.807) is 11.3 Å². The first-order valence-corrected chi connectivity index (χ1v) is 13.4. The number of fused-ring (bicyclic) bond motifs is 1. The van der Waals surface area contributed by atoms with E-state index in [9.17, 15) is 14.7 Å². The summed E-state index contributed by atoms with van der Waals surface area (Å²) in [5.74, 6) is 0.520. The van der Waals surface area contributed by atoms with E-state index in [1.807, 2.05) is 18.2 Å². The third-order valence-electron chi connectivity index (χ3n) is 7.00. The van der Waals surface area contributed by atoms with Crippen LogP contribution >= 0.6 is 11.3 Å². The maximum Gasteiger partial charge on any atom is 0.305 e. The minimum absolute atomic E-state index is 0.0624. The van der Waals surface area contributed by atoms with Crippen molar-refractivity contribution in [2.24, 2.45) is 5.92 Å². The van der Waals surface area contributed by atoms with Crippen LogP contribution in [0.2, 0.25) is 0 Å². The molecule has 1 fully saturated rings. The van der Waals surface area contributed by atoms with Gasteiger partial charge in [0.25, 0.3) is 5.91 Å². The van der Waals surface area contributed by atoms with Crippen LogP contribution in [-0.4, -0.2) is 32.6 Å². The largest absolute Gasteiger partial charge is 0.481 e. The second kappa shape index (κ2) is 11.2. The van der Waals surface area contributed by atoms with E-state index in [4.69, 9.17) is 4.98 Å². The number of carbonyl (C=O) groups excluding carboxylic acids is 1. The van der Waals surface area contributed by atoms with Crippen LogP contribution in [-0.2, 0) is 11.2 Å². The Morgan fingerprint density at radius 2 is 2.09 bits per heavy atom. The van der Waals surface area contributed by atoms with Crippen molar-refractivity contribution in [2.45, 2.75) is 83.7 Å². The molecule has 1 aromatic carbocycles. The van der Waals surface area contributed by atoms with Gasteiger partial charge in [-0.15, -0.1) is 11.3 Å². The highest BCUT2D eigenvalue weighted by atomic mass is 32.1. The fraction of sp³-hybridized carbons (Fsp3) is 0.519. The zero-order chi connectivity index (χ0) is 24.1. The molecule has 34 heavy (non-hydrogen) atoms. The van der Waals surface area contributed by atoms with Crippen LogP contribution in [0.4, 0.5) is 0 Å². The molecule has 3 atom stereocenters. The van der Waals surface area contributed by atoms with E-state index in [0.29, 0.717) is 23.9 Å². The molecule has 182 valence electrons. The summed E-state index contributed by atoms with van der Waals surface area (Å²) in [7, 11) is 0. The second-order valence-corrected chi connectivity index (χ2v) is 10.6. The minimum Gasteiger partial charge on any atom is -0.481 e. The molecule has 7 heteroatoms. The lowest BCUT2D eigenvalue weighted by atomic mass is 9.85. The zero-order valence-corrected chi connectivity index (χ0v) is 20.9. The summed E-state index contributed by atoms with van der Waals surface area (Å²) in [6.45, 7) is 4.40. The molecule has 0 spiro atoms. The average Bonchev–Trinajstić information content (AvgIpc) is 3.44. The maximum atomic E-state index is 13.0. The highest BCUT2D eigenvalue weighted by Gasteiger charge is 2.27. The van der Waals surface area contributed by atoms with E-state index in [2.05, 4.69) is 41.2 Å². The van der Waals surface area contributed by atoms with Gasteiger partial charge in [-0.2, -0.15) is 0 Å². The lowest BCUT2D eigenvalue weighted by molar-refractivity contribution is -0.137. The van der Waals surface area contributed by atoms with E-state index >= 15 is 0 Å². The monoisotopic (exact) mass is 481 g/mol. The summed E-state index contributed by atoms with van der Waals surface area (Å²) >= 11 is 1.74. The number of nitrogens with zero attached hydrogens (tertiary/aromatic N) is 2. The number of amides is 1. The standard InChI is InChI=1S/C27H35N3O3S/c1-3-4-9-20(16-26(31)32)28-27(33)19-12-13-24-22(15-19)29-25(17-21-10-7-14-34-21)30(24)23-11-6-5-8-18(23)2/h7,10,12-15,18,20,23H,3-6,8-9,11,16-17H2,1-2H3,(H,28,33)(H,31,32)/t18-,20?,23-/m1/s1. The predicted molar refractivity (Wildman–Crippen MR) is 137 cm³/mol. The summed E-state index contributed by atoms with van der Waals surface area (Å²) in [6, 6.07) is 10.0. The smallest absolute Gasteiger partial charge is 0.305 e. The second-order valence-electron chi connectivity index (χ2n) is 9.60. The SMILES string of the molecule is CCCCC(CC(=O)O)NC(=O)c1ccc2c(c1)nc(Cc1cccs1)n2[C@@H]1CCCC[C@H]1C. The number of carboxylic acids is 1. The lowest BCUT2D eigenvalue weighted by Gasteiger charge is -2.31. The molecule has 0 saturated heterocycles. The third-order valence-corrected chi connectivity index (χ3v) is 7.87. The Kier molecular flexibility index (Phi) is 8.03. The van der Waals surface area contributed by atoms with Crippen LogP contribution in [0, 0.1) is 5.92 Å². The van der Waals surface area contributed by atoms with Crippen LogP contribution < -0.4 is 5.32 Å². The predicted octanol–water partition coefficient (Wildman–Crippen LogP) is 6.20. The number of nitrogens with one attached hydrogen (secondary N) is 1. The van der Waals surface area contributed by atoms with Gasteiger partial charge in [0.2, 0.25) is 0 Å². The molecule has 4 rings (SSSR count). The number of aliphatic carboxylic acids is 1. The molecular formula is C27H35N3O3S. The zero-order valence-electron chi connectivity index (χ0n) is 20.1. The first-order chi connectivity index (χ1) is 16.5. The normalized spacial score (nSPS) is 19.2. The van der Waals surface area contributed by atoms with Crippen LogP contribution in [0.3, 0.4) is 0 Å². The molecule has 0 aliphatic heterocycles. The number of carboxylic acid groups (broad SMARTS) is 1. The molecule has 1 unspecified atom stereocenters. The molecule has 0 bridgehead atoms. The fourth-order valence-corrected chi connectivity index (χ4v) is 5.89. The van der Waals surface area contributed by atoms with Gasteiger partial charge in [0.1, 0.15) is 5.82 Å². The van der Waals surface area contributed by atoms with Gasteiger partial charge in [-0.25, -0.2) is 4.98 Å². The summed E-state index contributed by atoms with van der Waals surface area (Å²) in [5.41, 5.74) is 2.44. The number of hydrogen-bond acceptors (Lipinski definition) is 4. The number of rotatable bonds is 10. The number of thiophene rings is 1. The molecule has 6 nitrogen and oxygen atoms in total. The van der Waals surface area contributed by atoms with Crippen molar-refractivity contribution >= 4 is 34.2 Å². The minimum atomic E-state index is -0.893. The average molecular weight is 482 g/mol. The third kappa shape index (κ3) is 5.69. The Morgan fingerprint density at radius 3 is 2.79 bits per heavy atom. The molecule has 1 aliphatic rings. The van der Waals surface area contributed by atoms with Gasteiger partial charge in [0.05, 0.1) is 17.5 Å². The van der Waals surface area contributed by atoms with Crippen molar-refractivity contribution < 1.29 is 14.7 Å². The molecule has 2 N–H and O–H groups in total. The number of unbranched alkanes of at least 4 members (excludes halogenated alkanes) is 1. The van der Waals surface area contributed by atoms with Gasteiger partial charge in [0.15, 0.2) is 0 Å². The molecule has 2 heterocycles. The quantitative estimate of drug-likeness (QED) is 0.361. The van der Waals surface area contributed by atoms with Gasteiger partial charge in [-0.3, -0.25) is 9.59 Å². The highest BCUT2D eigenvalue weighted by Crippen LogP contribution is 2.37. The summed E-state index contributed by atoms with van der Waals surface area (Å²) in [4.78, 5) is 30.6. The number of aromatic nitrogens is 2. The van der Waals surface area contributed by atoms with Gasteiger partial charge in [-0.05, 0) is 54.8 Å². The van der Waals surface area contributed by atoms with Crippen molar-refractivity contribution in [3.8, 4) is 0 Å². The number of carbonyl (C=O) groups is 2. The number of benzene rings is 1. The van der Waals surface area contributed by atoms with Crippen molar-refractivity contribution in [1.82, 2.24) is 14.9 Å². The van der Waals surface area contributed by atoms with E-state index < -0.39 is 5.97 Å². The molecule has 2 aromatic heterocycles. The first-order valence-electron chi connectivity index (χ1n) is 12.5. The van der Waals surface area contributed by atoms with Crippen LogP contribution in [0.5, 0.6) is 0 Å². The summed E-state index contributed by atoms with van der Waals surface area (Å²) in [6.07, 6.45) is 8.13. The van der Waals surface area contributed by atoms with Crippen molar-refractivity contribution in [3.63, 3.8) is 0 Å². The molecule has 1 aliphatic carbocycles. The van der Waals surface area contributed by atoms with Crippen LogP contribution in [0.25, 0.3) is 11.0 Å². The van der Waals surface area contributed by atoms with Crippen LogP contribution in [0.1, 0.15) is 92.3 Å².